The zero-order valence-corrected chi connectivity index (χ0v) is 8.31. The number of halogens is 2. The highest BCUT2D eigenvalue weighted by molar-refractivity contribution is 6.30. The van der Waals surface area contributed by atoms with Gasteiger partial charge >= 0.3 is 0 Å². The van der Waals surface area contributed by atoms with Gasteiger partial charge in [-0.05, 0) is 18.2 Å². The average molecular weight is 204 g/mol. The first-order chi connectivity index (χ1) is 6.15. The summed E-state index contributed by atoms with van der Waals surface area (Å²) in [5.74, 6) is -0.302. The molecular formula is C9H11ClFNO. The van der Waals surface area contributed by atoms with Crippen molar-refractivity contribution in [1.29, 1.82) is 0 Å². The Morgan fingerprint density at radius 1 is 1.54 bits per heavy atom. The van der Waals surface area contributed by atoms with Crippen LogP contribution in [-0.4, -0.2) is 20.9 Å². The predicted octanol–water partition coefficient (Wildman–Crippen LogP) is 2.52. The van der Waals surface area contributed by atoms with E-state index >= 15 is 0 Å². The molecule has 0 aromatic heterocycles. The van der Waals surface area contributed by atoms with E-state index in [2.05, 4.69) is 0 Å². The maximum Gasteiger partial charge on any atom is 0.146 e. The molecule has 0 aliphatic rings. The third-order valence-corrected chi connectivity index (χ3v) is 1.88. The highest BCUT2D eigenvalue weighted by Gasteiger charge is 2.06. The molecule has 2 nitrogen and oxygen atoms in total. The Balaban J connectivity index is 2.91. The molecule has 0 fully saturated rings. The van der Waals surface area contributed by atoms with Crippen LogP contribution in [0.5, 0.6) is 0 Å². The molecular weight excluding hydrogens is 193 g/mol. The average Bonchev–Trinajstić information content (AvgIpc) is 2.09. The molecule has 0 N–H and O–H groups in total. The molecule has 0 saturated carbocycles. The molecule has 0 saturated heterocycles. The highest BCUT2D eigenvalue weighted by atomic mass is 35.5. The van der Waals surface area contributed by atoms with E-state index in [0.29, 0.717) is 17.4 Å². The van der Waals surface area contributed by atoms with Crippen LogP contribution in [0.1, 0.15) is 0 Å². The second-order valence-corrected chi connectivity index (χ2v) is 3.15. The maximum absolute atomic E-state index is 13.2. The number of hydrogen-bond donors (Lipinski definition) is 0. The van der Waals surface area contributed by atoms with Crippen LogP contribution in [0.4, 0.5) is 10.1 Å². The van der Waals surface area contributed by atoms with Gasteiger partial charge in [0.2, 0.25) is 0 Å². The number of methoxy groups -OCH3 is 1. The van der Waals surface area contributed by atoms with Gasteiger partial charge in [-0.2, -0.15) is 0 Å². The Morgan fingerprint density at radius 2 is 2.23 bits per heavy atom. The van der Waals surface area contributed by atoms with Crippen LogP contribution in [0.25, 0.3) is 0 Å². The summed E-state index contributed by atoms with van der Waals surface area (Å²) in [6, 6.07) is 4.42. The third kappa shape index (κ3) is 2.57. The quantitative estimate of drug-likeness (QED) is 0.700. The standard InChI is InChI=1S/C9H11ClFNO/c1-12(6-13-2)9-5-7(10)3-4-8(9)11/h3-5H,6H2,1-2H3. The van der Waals surface area contributed by atoms with Crippen LogP contribution < -0.4 is 4.90 Å². The van der Waals surface area contributed by atoms with Crippen LogP contribution >= 0.6 is 11.6 Å². The Bertz CT molecular complexity index is 293. The molecule has 1 rings (SSSR count). The number of anilines is 1. The molecule has 1 aromatic rings. The van der Waals surface area contributed by atoms with Crippen molar-refractivity contribution in [3.8, 4) is 0 Å². The van der Waals surface area contributed by atoms with Crippen molar-refractivity contribution in [1.82, 2.24) is 0 Å². The van der Waals surface area contributed by atoms with Crippen molar-refractivity contribution in [3.63, 3.8) is 0 Å². The molecule has 13 heavy (non-hydrogen) atoms. The molecule has 0 atom stereocenters. The second-order valence-electron chi connectivity index (χ2n) is 2.71. The van der Waals surface area contributed by atoms with Crippen LogP contribution in [-0.2, 0) is 4.74 Å². The van der Waals surface area contributed by atoms with E-state index < -0.39 is 0 Å². The summed E-state index contributed by atoms with van der Waals surface area (Å²) in [6.07, 6.45) is 0. The number of rotatable bonds is 3. The molecule has 1 aromatic carbocycles. The zero-order valence-electron chi connectivity index (χ0n) is 7.55. The zero-order chi connectivity index (χ0) is 9.84. The van der Waals surface area contributed by atoms with Crippen molar-refractivity contribution >= 4 is 17.3 Å². The summed E-state index contributed by atoms with van der Waals surface area (Å²) in [6.45, 7) is 0.331. The first-order valence-corrected chi connectivity index (χ1v) is 4.18. The van der Waals surface area contributed by atoms with Crippen LogP contribution in [0, 0.1) is 5.82 Å². The lowest BCUT2D eigenvalue weighted by molar-refractivity contribution is 0.201. The van der Waals surface area contributed by atoms with Crippen molar-refractivity contribution in [3.05, 3.63) is 29.0 Å². The molecule has 0 unspecified atom stereocenters. The molecule has 0 bridgehead atoms. The van der Waals surface area contributed by atoms with E-state index in [-0.39, 0.29) is 5.82 Å². The predicted molar refractivity (Wildman–Crippen MR) is 51.7 cm³/mol. The van der Waals surface area contributed by atoms with Crippen LogP contribution in [0.15, 0.2) is 18.2 Å². The van der Waals surface area contributed by atoms with E-state index in [1.807, 2.05) is 0 Å². The number of benzene rings is 1. The van der Waals surface area contributed by atoms with Gasteiger partial charge in [0.05, 0.1) is 5.69 Å². The van der Waals surface area contributed by atoms with Crippen molar-refractivity contribution < 1.29 is 9.13 Å². The molecule has 0 aliphatic heterocycles. The topological polar surface area (TPSA) is 12.5 Å². The lowest BCUT2D eigenvalue weighted by Crippen LogP contribution is -2.20. The minimum atomic E-state index is -0.302. The van der Waals surface area contributed by atoms with Gasteiger partial charge in [-0.1, -0.05) is 11.6 Å². The largest absolute Gasteiger partial charge is 0.364 e. The fraction of sp³-hybridized carbons (Fsp3) is 0.333. The van der Waals surface area contributed by atoms with Crippen LogP contribution in [0.3, 0.4) is 0 Å². The van der Waals surface area contributed by atoms with Gasteiger partial charge in [-0.25, -0.2) is 4.39 Å². The third-order valence-electron chi connectivity index (χ3n) is 1.64. The minimum absolute atomic E-state index is 0.302. The van der Waals surface area contributed by atoms with Gasteiger partial charge in [-0.3, -0.25) is 0 Å². The van der Waals surface area contributed by atoms with Gasteiger partial charge < -0.3 is 9.64 Å². The van der Waals surface area contributed by atoms with Gasteiger partial charge in [0.1, 0.15) is 12.5 Å². The van der Waals surface area contributed by atoms with Gasteiger partial charge in [0, 0.05) is 19.2 Å². The maximum atomic E-state index is 13.2. The fourth-order valence-electron chi connectivity index (χ4n) is 1.04. The summed E-state index contributed by atoms with van der Waals surface area (Å²) in [5, 5.41) is 0.513. The SMILES string of the molecule is COCN(C)c1cc(Cl)ccc1F. The molecule has 4 heteroatoms. The second kappa shape index (κ2) is 4.44. The number of nitrogens with zero attached hydrogens (tertiary/aromatic N) is 1. The summed E-state index contributed by atoms with van der Waals surface area (Å²) in [7, 11) is 3.29. The van der Waals surface area contributed by atoms with Crippen LogP contribution in [0.2, 0.25) is 5.02 Å². The van der Waals surface area contributed by atoms with E-state index in [1.165, 1.54) is 12.1 Å². The molecule has 0 radical (unpaired) electrons. The van der Waals surface area contributed by atoms with E-state index in [9.17, 15) is 4.39 Å². The van der Waals surface area contributed by atoms with Crippen molar-refractivity contribution in [2.45, 2.75) is 0 Å². The number of hydrogen-bond acceptors (Lipinski definition) is 2. The van der Waals surface area contributed by atoms with Crippen molar-refractivity contribution in [2.24, 2.45) is 0 Å². The Kier molecular flexibility index (Phi) is 3.51. The molecule has 0 aliphatic carbocycles. The Morgan fingerprint density at radius 3 is 2.85 bits per heavy atom. The number of ether oxygens (including phenoxy) is 1. The lowest BCUT2D eigenvalue weighted by atomic mass is 10.3. The Hall–Kier alpha value is -0.800. The summed E-state index contributed by atoms with van der Waals surface area (Å²) in [4.78, 5) is 1.64. The molecule has 72 valence electrons. The summed E-state index contributed by atoms with van der Waals surface area (Å²) in [5.41, 5.74) is 0.439. The first-order valence-electron chi connectivity index (χ1n) is 3.80. The van der Waals surface area contributed by atoms with Gasteiger partial charge in [-0.15, -0.1) is 0 Å². The Labute approximate surface area is 81.9 Å². The molecule has 0 heterocycles. The smallest absolute Gasteiger partial charge is 0.146 e. The fourth-order valence-corrected chi connectivity index (χ4v) is 1.21. The van der Waals surface area contributed by atoms with E-state index in [4.69, 9.17) is 16.3 Å². The monoisotopic (exact) mass is 203 g/mol. The molecule has 0 amide bonds. The van der Waals surface area contributed by atoms with Gasteiger partial charge in [0.25, 0.3) is 0 Å². The first kappa shape index (κ1) is 10.3. The highest BCUT2D eigenvalue weighted by Crippen LogP contribution is 2.22. The summed E-state index contributed by atoms with van der Waals surface area (Å²) < 4.78 is 18.1. The summed E-state index contributed by atoms with van der Waals surface area (Å²) >= 11 is 5.73. The minimum Gasteiger partial charge on any atom is -0.364 e. The normalized spacial score (nSPS) is 10.2. The van der Waals surface area contributed by atoms with E-state index in [1.54, 1.807) is 25.1 Å². The van der Waals surface area contributed by atoms with E-state index in [0.717, 1.165) is 0 Å². The molecule has 0 spiro atoms. The van der Waals surface area contributed by atoms with Gasteiger partial charge in [0.15, 0.2) is 0 Å². The lowest BCUT2D eigenvalue weighted by Gasteiger charge is -2.18. The van der Waals surface area contributed by atoms with Crippen molar-refractivity contribution in [2.75, 3.05) is 25.8 Å².